The number of hydrogen-bond acceptors (Lipinski definition) is 7. The number of carbonyl (C=O) groups excluding carboxylic acids is 1. The van der Waals surface area contributed by atoms with Gasteiger partial charge in [0.25, 0.3) is 11.8 Å². The number of benzene rings is 1. The van der Waals surface area contributed by atoms with Crippen molar-refractivity contribution >= 4 is 5.91 Å². The number of nitrogens with zero attached hydrogens (tertiary/aromatic N) is 4. The first-order chi connectivity index (χ1) is 15.2. The van der Waals surface area contributed by atoms with E-state index in [2.05, 4.69) is 15.1 Å². The van der Waals surface area contributed by atoms with Crippen LogP contribution >= 0.6 is 0 Å². The Morgan fingerprint density at radius 3 is 2.65 bits per heavy atom. The predicted molar refractivity (Wildman–Crippen MR) is 114 cm³/mol. The molecule has 0 radical (unpaired) electrons. The first kappa shape index (κ1) is 20.8. The van der Waals surface area contributed by atoms with E-state index in [0.29, 0.717) is 42.7 Å². The number of amides is 1. The molecule has 1 saturated heterocycles. The van der Waals surface area contributed by atoms with Crippen LogP contribution in [0.15, 0.2) is 53.3 Å². The highest BCUT2D eigenvalue weighted by Gasteiger charge is 2.31. The molecule has 0 bridgehead atoms. The number of methoxy groups -OCH3 is 1. The zero-order chi connectivity index (χ0) is 21.6. The summed E-state index contributed by atoms with van der Waals surface area (Å²) in [6, 6.07) is 11.0. The molecule has 1 aliphatic heterocycles. The molecule has 0 saturated carbocycles. The maximum Gasteiger partial charge on any atom is 0.263 e. The number of rotatable bonds is 7. The lowest BCUT2D eigenvalue weighted by molar-refractivity contribution is -0.140. The number of likely N-dealkylation sites (tertiary alicyclic amines) is 1. The molecule has 0 N–H and O–H groups in total. The second kappa shape index (κ2) is 9.59. The average molecular weight is 422 g/mol. The highest BCUT2D eigenvalue weighted by molar-refractivity contribution is 5.81. The lowest BCUT2D eigenvalue weighted by Gasteiger charge is -2.33. The van der Waals surface area contributed by atoms with Crippen LogP contribution in [0, 0.1) is 0 Å². The molecule has 1 aliphatic rings. The number of pyridine rings is 1. The van der Waals surface area contributed by atoms with E-state index in [-0.39, 0.29) is 11.8 Å². The normalized spacial score (nSPS) is 15.5. The van der Waals surface area contributed by atoms with E-state index in [1.165, 1.54) is 0 Å². The second-order valence-corrected chi connectivity index (χ2v) is 7.49. The summed E-state index contributed by atoms with van der Waals surface area (Å²) in [6.45, 7) is 3.23. The Labute approximate surface area is 181 Å². The van der Waals surface area contributed by atoms with Gasteiger partial charge in [-0.3, -0.25) is 9.78 Å². The van der Waals surface area contributed by atoms with Gasteiger partial charge in [-0.25, -0.2) is 0 Å². The second-order valence-electron chi connectivity index (χ2n) is 7.49. The van der Waals surface area contributed by atoms with Crippen molar-refractivity contribution in [2.75, 3.05) is 20.2 Å². The van der Waals surface area contributed by atoms with Gasteiger partial charge >= 0.3 is 0 Å². The molecule has 8 heteroatoms. The fourth-order valence-corrected chi connectivity index (χ4v) is 3.72. The standard InChI is InChI=1S/C23H26N4O4/c1-3-20(30-19-6-4-5-18(15-19)29-2)23(28)27-13-9-16(10-14-27)21-25-22(31-26-21)17-7-11-24-12-8-17/h4-8,11-12,15-16,20H,3,9-10,13-14H2,1-2H3. The Morgan fingerprint density at radius 2 is 1.94 bits per heavy atom. The molecule has 1 unspecified atom stereocenters. The lowest BCUT2D eigenvalue weighted by Crippen LogP contribution is -2.45. The molecule has 1 amide bonds. The molecule has 0 aliphatic carbocycles. The van der Waals surface area contributed by atoms with Crippen LogP contribution < -0.4 is 9.47 Å². The predicted octanol–water partition coefficient (Wildman–Crippen LogP) is 3.70. The van der Waals surface area contributed by atoms with Crippen LogP contribution in [0.25, 0.3) is 11.5 Å². The van der Waals surface area contributed by atoms with Gasteiger partial charge in [0.1, 0.15) is 11.5 Å². The Bertz CT molecular complexity index is 1000. The zero-order valence-electron chi connectivity index (χ0n) is 17.7. The molecule has 3 aromatic rings. The van der Waals surface area contributed by atoms with Crippen molar-refractivity contribution < 1.29 is 18.8 Å². The fourth-order valence-electron chi connectivity index (χ4n) is 3.72. The summed E-state index contributed by atoms with van der Waals surface area (Å²) in [5, 5.41) is 4.16. The average Bonchev–Trinajstić information content (AvgIpc) is 3.33. The highest BCUT2D eigenvalue weighted by atomic mass is 16.5. The van der Waals surface area contributed by atoms with Gasteiger partial charge in [0.15, 0.2) is 11.9 Å². The Hall–Kier alpha value is -3.42. The number of ether oxygens (including phenoxy) is 2. The summed E-state index contributed by atoms with van der Waals surface area (Å²) in [4.78, 5) is 23.5. The van der Waals surface area contributed by atoms with Gasteiger partial charge < -0.3 is 18.9 Å². The minimum atomic E-state index is -0.521. The van der Waals surface area contributed by atoms with Crippen molar-refractivity contribution in [1.29, 1.82) is 0 Å². The fraction of sp³-hybridized carbons (Fsp3) is 0.391. The van der Waals surface area contributed by atoms with Crippen molar-refractivity contribution in [3.05, 3.63) is 54.6 Å². The lowest BCUT2D eigenvalue weighted by atomic mass is 9.95. The zero-order valence-corrected chi connectivity index (χ0v) is 17.7. The van der Waals surface area contributed by atoms with Crippen molar-refractivity contribution in [3.63, 3.8) is 0 Å². The Kier molecular flexibility index (Phi) is 6.45. The van der Waals surface area contributed by atoms with Gasteiger partial charge in [-0.15, -0.1) is 0 Å². The van der Waals surface area contributed by atoms with Gasteiger partial charge in [0, 0.05) is 43.0 Å². The molecule has 162 valence electrons. The molecule has 1 atom stereocenters. The van der Waals surface area contributed by atoms with E-state index in [0.717, 1.165) is 18.4 Å². The highest BCUT2D eigenvalue weighted by Crippen LogP contribution is 2.29. The third kappa shape index (κ3) is 4.84. The van der Waals surface area contributed by atoms with E-state index in [4.69, 9.17) is 14.0 Å². The smallest absolute Gasteiger partial charge is 0.263 e. The molecule has 4 rings (SSSR count). The van der Waals surface area contributed by atoms with Gasteiger partial charge in [0.2, 0.25) is 0 Å². The van der Waals surface area contributed by atoms with Crippen LogP contribution in [0.5, 0.6) is 11.5 Å². The maximum atomic E-state index is 13.0. The van der Waals surface area contributed by atoms with Gasteiger partial charge in [0.05, 0.1) is 7.11 Å². The molecule has 0 spiro atoms. The summed E-state index contributed by atoms with van der Waals surface area (Å²) in [7, 11) is 1.61. The minimum Gasteiger partial charge on any atom is -0.497 e. The summed E-state index contributed by atoms with van der Waals surface area (Å²) in [6.07, 6.45) is 5.04. The number of carbonyl (C=O) groups is 1. The van der Waals surface area contributed by atoms with E-state index in [1.807, 2.05) is 42.2 Å². The van der Waals surface area contributed by atoms with Crippen LogP contribution in [-0.4, -0.2) is 52.2 Å². The van der Waals surface area contributed by atoms with Crippen LogP contribution in [0.4, 0.5) is 0 Å². The van der Waals surface area contributed by atoms with Gasteiger partial charge in [-0.2, -0.15) is 4.98 Å². The van der Waals surface area contributed by atoms with Crippen molar-refractivity contribution in [1.82, 2.24) is 20.0 Å². The van der Waals surface area contributed by atoms with E-state index >= 15 is 0 Å². The molecule has 1 aromatic carbocycles. The quantitative estimate of drug-likeness (QED) is 0.573. The molecule has 8 nitrogen and oxygen atoms in total. The monoisotopic (exact) mass is 422 g/mol. The Balaban J connectivity index is 1.35. The summed E-state index contributed by atoms with van der Waals surface area (Å²) in [5.41, 5.74) is 0.849. The molecule has 3 heterocycles. The summed E-state index contributed by atoms with van der Waals surface area (Å²) >= 11 is 0. The number of hydrogen-bond donors (Lipinski definition) is 0. The summed E-state index contributed by atoms with van der Waals surface area (Å²) in [5.74, 6) is 2.70. The summed E-state index contributed by atoms with van der Waals surface area (Å²) < 4.78 is 16.6. The van der Waals surface area contributed by atoms with Crippen molar-refractivity contribution in [2.45, 2.75) is 38.2 Å². The first-order valence-electron chi connectivity index (χ1n) is 10.5. The minimum absolute atomic E-state index is 0.00866. The molecule has 2 aromatic heterocycles. The Morgan fingerprint density at radius 1 is 1.19 bits per heavy atom. The molecule has 31 heavy (non-hydrogen) atoms. The van der Waals surface area contributed by atoms with Crippen LogP contribution in [0.2, 0.25) is 0 Å². The number of piperidine rings is 1. The topological polar surface area (TPSA) is 90.6 Å². The van der Waals surface area contributed by atoms with E-state index in [1.54, 1.807) is 25.6 Å². The van der Waals surface area contributed by atoms with Crippen LogP contribution in [0.3, 0.4) is 0 Å². The largest absolute Gasteiger partial charge is 0.497 e. The van der Waals surface area contributed by atoms with Crippen molar-refractivity contribution in [3.8, 4) is 23.0 Å². The van der Waals surface area contributed by atoms with Gasteiger partial charge in [-0.05, 0) is 43.5 Å². The third-order valence-corrected chi connectivity index (χ3v) is 5.51. The van der Waals surface area contributed by atoms with Crippen LogP contribution in [-0.2, 0) is 4.79 Å². The molecular formula is C23H26N4O4. The first-order valence-corrected chi connectivity index (χ1v) is 10.5. The molecule has 1 fully saturated rings. The van der Waals surface area contributed by atoms with Gasteiger partial charge in [-0.1, -0.05) is 18.1 Å². The van der Waals surface area contributed by atoms with Crippen molar-refractivity contribution in [2.24, 2.45) is 0 Å². The third-order valence-electron chi connectivity index (χ3n) is 5.51. The SMILES string of the molecule is CCC(Oc1cccc(OC)c1)C(=O)N1CCC(c2noc(-c3ccncc3)n2)CC1. The maximum absolute atomic E-state index is 13.0. The molecular weight excluding hydrogens is 396 g/mol. The van der Waals surface area contributed by atoms with E-state index < -0.39 is 6.10 Å². The van der Waals surface area contributed by atoms with Crippen LogP contribution in [0.1, 0.15) is 37.9 Å². The van der Waals surface area contributed by atoms with E-state index in [9.17, 15) is 4.79 Å². The number of aromatic nitrogens is 3.